The second-order valence-electron chi connectivity index (χ2n) is 7.26. The lowest BCUT2D eigenvalue weighted by Gasteiger charge is -2.27. The summed E-state index contributed by atoms with van der Waals surface area (Å²) >= 11 is 3.39. The lowest BCUT2D eigenvalue weighted by Crippen LogP contribution is -2.36. The monoisotopic (exact) mass is 454 g/mol. The van der Waals surface area contributed by atoms with Gasteiger partial charge in [-0.1, -0.05) is 23.9 Å². The lowest BCUT2D eigenvalue weighted by molar-refractivity contribution is 0.121. The van der Waals surface area contributed by atoms with Crippen LogP contribution >= 0.6 is 23.1 Å². The molecule has 160 valence electrons. The third-order valence-corrected chi connectivity index (χ3v) is 7.39. The van der Waals surface area contributed by atoms with E-state index in [-0.39, 0.29) is 5.43 Å². The van der Waals surface area contributed by atoms with E-state index >= 15 is 0 Å². The zero-order valence-electron chi connectivity index (χ0n) is 17.1. The summed E-state index contributed by atoms with van der Waals surface area (Å²) in [5, 5.41) is 0.575. The van der Waals surface area contributed by atoms with Gasteiger partial charge in [0.15, 0.2) is 15.7 Å². The van der Waals surface area contributed by atoms with Crippen LogP contribution < -0.4 is 15.1 Å². The molecule has 1 aliphatic heterocycles. The van der Waals surface area contributed by atoms with Crippen LogP contribution in [0.15, 0.2) is 56.0 Å². The second-order valence-corrected chi connectivity index (χ2v) is 9.63. The summed E-state index contributed by atoms with van der Waals surface area (Å²) in [4.78, 5) is 19.3. The zero-order valence-corrected chi connectivity index (χ0v) is 18.8. The number of para-hydroxylation sites is 1. The maximum atomic E-state index is 12.6. The number of nitrogens with zero attached hydrogens (tertiary/aromatic N) is 2. The average molecular weight is 455 g/mol. The number of benzene rings is 2. The number of thiazole rings is 1. The number of hydrogen-bond donors (Lipinski definition) is 0. The summed E-state index contributed by atoms with van der Waals surface area (Å²) in [5.74, 6) is 2.11. The van der Waals surface area contributed by atoms with E-state index in [0.717, 1.165) is 26.9 Å². The highest BCUT2D eigenvalue weighted by Gasteiger charge is 2.17. The minimum atomic E-state index is -0.0382. The molecule has 0 saturated carbocycles. The van der Waals surface area contributed by atoms with Crippen molar-refractivity contribution in [1.82, 2.24) is 4.98 Å². The van der Waals surface area contributed by atoms with E-state index in [9.17, 15) is 4.79 Å². The van der Waals surface area contributed by atoms with Crippen molar-refractivity contribution in [3.05, 3.63) is 58.3 Å². The predicted molar refractivity (Wildman–Crippen MR) is 126 cm³/mol. The van der Waals surface area contributed by atoms with Gasteiger partial charge in [0.25, 0.3) is 0 Å². The van der Waals surface area contributed by atoms with Crippen molar-refractivity contribution < 1.29 is 13.9 Å². The number of rotatable bonds is 6. The Morgan fingerprint density at radius 2 is 2.03 bits per heavy atom. The van der Waals surface area contributed by atoms with Crippen molar-refractivity contribution in [2.45, 2.75) is 11.3 Å². The van der Waals surface area contributed by atoms with E-state index in [0.29, 0.717) is 49.8 Å². The van der Waals surface area contributed by atoms with Crippen molar-refractivity contribution in [2.75, 3.05) is 43.6 Å². The van der Waals surface area contributed by atoms with E-state index in [4.69, 9.17) is 13.9 Å². The van der Waals surface area contributed by atoms with Crippen LogP contribution in [0.2, 0.25) is 0 Å². The topological polar surface area (TPSA) is 64.8 Å². The molecular weight excluding hydrogens is 432 g/mol. The fourth-order valence-corrected chi connectivity index (χ4v) is 5.57. The molecule has 1 saturated heterocycles. The smallest absolute Gasteiger partial charge is 0.200 e. The molecule has 2 aromatic carbocycles. The molecule has 0 spiro atoms. The molecular formula is C23H22N2O4S2. The first-order valence-corrected chi connectivity index (χ1v) is 12.0. The Morgan fingerprint density at radius 1 is 1.19 bits per heavy atom. The maximum Gasteiger partial charge on any atom is 0.200 e. The van der Waals surface area contributed by atoms with Gasteiger partial charge in [0.1, 0.15) is 11.3 Å². The lowest BCUT2D eigenvalue weighted by atomic mass is 10.1. The fourth-order valence-electron chi connectivity index (χ4n) is 3.61. The minimum absolute atomic E-state index is 0.0382. The molecule has 5 rings (SSSR count). The van der Waals surface area contributed by atoms with Crippen LogP contribution in [-0.2, 0) is 4.74 Å². The highest BCUT2D eigenvalue weighted by Crippen LogP contribution is 2.31. The van der Waals surface area contributed by atoms with Crippen LogP contribution in [0.25, 0.3) is 21.2 Å². The van der Waals surface area contributed by atoms with Crippen molar-refractivity contribution in [3.63, 3.8) is 0 Å². The molecule has 0 unspecified atom stereocenters. The summed E-state index contributed by atoms with van der Waals surface area (Å²) < 4.78 is 19.8. The van der Waals surface area contributed by atoms with Crippen LogP contribution in [0.4, 0.5) is 5.88 Å². The Balaban J connectivity index is 1.30. The van der Waals surface area contributed by atoms with Gasteiger partial charge in [-0.2, -0.15) is 0 Å². The number of ether oxygens (including phenoxy) is 2. The molecule has 1 aliphatic rings. The Labute approximate surface area is 187 Å². The average Bonchev–Trinajstić information content (AvgIpc) is 3.22. The molecule has 6 nitrogen and oxygen atoms in total. The third-order valence-electron chi connectivity index (χ3n) is 5.25. The van der Waals surface area contributed by atoms with Crippen LogP contribution in [0.3, 0.4) is 0 Å². The normalized spacial score (nSPS) is 14.4. The van der Waals surface area contributed by atoms with Gasteiger partial charge in [-0.05, 0) is 31.2 Å². The predicted octanol–water partition coefficient (Wildman–Crippen LogP) is 4.72. The molecule has 4 aromatic rings. The highest BCUT2D eigenvalue weighted by molar-refractivity contribution is 8.01. The van der Waals surface area contributed by atoms with Crippen LogP contribution in [0.5, 0.6) is 5.75 Å². The number of thioether (sulfide) groups is 1. The number of aromatic nitrogens is 1. The van der Waals surface area contributed by atoms with Crippen LogP contribution in [-0.4, -0.2) is 43.6 Å². The molecule has 0 bridgehead atoms. The van der Waals surface area contributed by atoms with Crippen molar-refractivity contribution in [1.29, 1.82) is 0 Å². The maximum absolute atomic E-state index is 12.6. The molecule has 8 heteroatoms. The zero-order chi connectivity index (χ0) is 21.2. The van der Waals surface area contributed by atoms with Crippen LogP contribution in [0.1, 0.15) is 5.56 Å². The first kappa shape index (κ1) is 20.4. The van der Waals surface area contributed by atoms with Gasteiger partial charge < -0.3 is 18.8 Å². The van der Waals surface area contributed by atoms with Crippen molar-refractivity contribution >= 4 is 50.2 Å². The van der Waals surface area contributed by atoms with Gasteiger partial charge in [0.05, 0.1) is 35.4 Å². The summed E-state index contributed by atoms with van der Waals surface area (Å²) in [5.41, 5.74) is 2.43. The summed E-state index contributed by atoms with van der Waals surface area (Å²) in [7, 11) is 0. The standard InChI is InChI=1S/C23H22N2O4S2/c1-15-19(28-12-13-30-23-24-17-4-2-3-5-20(17)31-23)7-6-16-18(26)14-21(29-22(15)16)25-8-10-27-11-9-25/h2-7,14H,8-13H2,1H3. The van der Waals surface area contributed by atoms with Gasteiger partial charge >= 0.3 is 0 Å². The van der Waals surface area contributed by atoms with Gasteiger partial charge in [-0.25, -0.2) is 4.98 Å². The molecule has 3 heterocycles. The first-order chi connectivity index (χ1) is 15.2. The van der Waals surface area contributed by atoms with E-state index in [2.05, 4.69) is 11.1 Å². The molecule has 0 atom stereocenters. The molecule has 0 radical (unpaired) electrons. The summed E-state index contributed by atoms with van der Waals surface area (Å²) in [6, 6.07) is 13.4. The Bertz CT molecular complexity index is 1240. The summed E-state index contributed by atoms with van der Waals surface area (Å²) in [6.07, 6.45) is 0. The number of morpholine rings is 1. The van der Waals surface area contributed by atoms with Gasteiger partial charge in [-0.3, -0.25) is 4.79 Å². The second kappa shape index (κ2) is 8.90. The van der Waals surface area contributed by atoms with Gasteiger partial charge in [0, 0.05) is 30.5 Å². The number of hydrogen-bond acceptors (Lipinski definition) is 8. The Morgan fingerprint density at radius 3 is 2.87 bits per heavy atom. The van der Waals surface area contributed by atoms with Gasteiger partial charge in [-0.15, -0.1) is 11.3 Å². The van der Waals surface area contributed by atoms with E-state index in [1.807, 2.05) is 36.1 Å². The van der Waals surface area contributed by atoms with Crippen LogP contribution in [0, 0.1) is 6.92 Å². The highest BCUT2D eigenvalue weighted by atomic mass is 32.2. The molecule has 31 heavy (non-hydrogen) atoms. The third kappa shape index (κ3) is 4.28. The van der Waals surface area contributed by atoms with E-state index in [1.54, 1.807) is 35.2 Å². The van der Waals surface area contributed by atoms with E-state index in [1.165, 1.54) is 4.70 Å². The van der Waals surface area contributed by atoms with Crippen molar-refractivity contribution in [3.8, 4) is 5.75 Å². The SMILES string of the molecule is Cc1c(OCCSc2nc3ccccc3s2)ccc2c(=O)cc(N3CCOCC3)oc12. The quantitative estimate of drug-likeness (QED) is 0.309. The minimum Gasteiger partial charge on any atom is -0.492 e. The fraction of sp³-hybridized carbons (Fsp3) is 0.304. The number of anilines is 1. The van der Waals surface area contributed by atoms with Crippen molar-refractivity contribution in [2.24, 2.45) is 0 Å². The largest absolute Gasteiger partial charge is 0.492 e. The number of aryl methyl sites for hydroxylation is 1. The van der Waals surface area contributed by atoms with E-state index < -0.39 is 0 Å². The molecule has 0 N–H and O–H groups in total. The Kier molecular flexibility index (Phi) is 5.85. The molecule has 0 amide bonds. The number of fused-ring (bicyclic) bond motifs is 2. The molecule has 2 aromatic heterocycles. The van der Waals surface area contributed by atoms with Gasteiger partial charge in [0.2, 0.25) is 0 Å². The first-order valence-electron chi connectivity index (χ1n) is 10.2. The molecule has 1 fully saturated rings. The molecule has 0 aliphatic carbocycles. The summed E-state index contributed by atoms with van der Waals surface area (Å²) in [6.45, 7) is 5.18. The Hall–Kier alpha value is -2.55.